The molecule has 0 radical (unpaired) electrons. The Hall–Kier alpha value is -1.40. The first-order chi connectivity index (χ1) is 7.25. The first-order valence-electron chi connectivity index (χ1n) is 3.93. The van der Waals surface area contributed by atoms with Crippen LogP contribution in [0.15, 0.2) is 17.1 Å². The van der Waals surface area contributed by atoms with Gasteiger partial charge in [-0.1, -0.05) is 16.8 Å². The molecular formula is C7H5Cl2N5O. The standard InChI is InChI=1S/C7H5Cl2N5O/c8-4-1-11-7(9)13-6(4)10-2-5-12-3-15-14-5/h1,3H,2H2,(H,10,11,13). The van der Waals surface area contributed by atoms with E-state index in [4.69, 9.17) is 23.2 Å². The van der Waals surface area contributed by atoms with Crippen LogP contribution in [0.5, 0.6) is 0 Å². The molecule has 0 saturated heterocycles. The molecule has 2 aromatic heterocycles. The molecule has 0 aromatic carbocycles. The van der Waals surface area contributed by atoms with E-state index in [-0.39, 0.29) is 5.28 Å². The molecule has 0 atom stereocenters. The molecule has 0 aliphatic carbocycles. The van der Waals surface area contributed by atoms with Crippen molar-refractivity contribution >= 4 is 29.0 Å². The molecule has 0 fully saturated rings. The van der Waals surface area contributed by atoms with Gasteiger partial charge < -0.3 is 9.84 Å². The van der Waals surface area contributed by atoms with Gasteiger partial charge >= 0.3 is 0 Å². The molecular weight excluding hydrogens is 241 g/mol. The average Bonchev–Trinajstić information content (AvgIpc) is 2.72. The topological polar surface area (TPSA) is 76.7 Å². The number of halogens is 2. The van der Waals surface area contributed by atoms with Gasteiger partial charge in [0.05, 0.1) is 12.7 Å². The van der Waals surface area contributed by atoms with Crippen molar-refractivity contribution in [2.24, 2.45) is 0 Å². The first kappa shape index (κ1) is 10.1. The van der Waals surface area contributed by atoms with Gasteiger partial charge in [-0.15, -0.1) is 0 Å². The van der Waals surface area contributed by atoms with E-state index in [1.165, 1.54) is 12.6 Å². The predicted octanol–water partition coefficient (Wildman–Crippen LogP) is 1.78. The van der Waals surface area contributed by atoms with Gasteiger partial charge in [0.15, 0.2) is 5.82 Å². The number of rotatable bonds is 3. The zero-order valence-corrected chi connectivity index (χ0v) is 8.83. The SMILES string of the molecule is Clc1ncc(Cl)c(NCc2ncon2)n1. The number of hydrogen-bond donors (Lipinski definition) is 1. The third-order valence-corrected chi connectivity index (χ3v) is 1.99. The van der Waals surface area contributed by atoms with Crippen LogP contribution in [0.3, 0.4) is 0 Å². The predicted molar refractivity (Wildman–Crippen MR) is 53.7 cm³/mol. The lowest BCUT2D eigenvalue weighted by Crippen LogP contribution is -2.04. The van der Waals surface area contributed by atoms with E-state index in [1.54, 1.807) is 0 Å². The third kappa shape index (κ3) is 2.54. The Labute approximate surface area is 94.6 Å². The fraction of sp³-hybridized carbons (Fsp3) is 0.143. The largest absolute Gasteiger partial charge is 0.361 e. The quantitative estimate of drug-likeness (QED) is 0.831. The normalized spacial score (nSPS) is 10.3. The minimum Gasteiger partial charge on any atom is -0.361 e. The summed E-state index contributed by atoms with van der Waals surface area (Å²) in [5.41, 5.74) is 0. The summed E-state index contributed by atoms with van der Waals surface area (Å²) in [6.45, 7) is 0.351. The summed E-state index contributed by atoms with van der Waals surface area (Å²) >= 11 is 11.4. The Morgan fingerprint density at radius 2 is 2.20 bits per heavy atom. The van der Waals surface area contributed by atoms with Gasteiger partial charge in [0.25, 0.3) is 0 Å². The molecule has 78 valence electrons. The van der Waals surface area contributed by atoms with Gasteiger partial charge in [0, 0.05) is 0 Å². The summed E-state index contributed by atoms with van der Waals surface area (Å²) in [4.78, 5) is 11.4. The maximum absolute atomic E-state index is 5.83. The highest BCUT2D eigenvalue weighted by atomic mass is 35.5. The molecule has 6 nitrogen and oxygen atoms in total. The highest BCUT2D eigenvalue weighted by Gasteiger charge is 2.05. The Kier molecular flexibility index (Phi) is 2.98. The van der Waals surface area contributed by atoms with Crippen LogP contribution in [0.2, 0.25) is 10.3 Å². The van der Waals surface area contributed by atoms with Crippen LogP contribution in [0.25, 0.3) is 0 Å². The van der Waals surface area contributed by atoms with Gasteiger partial charge in [-0.2, -0.15) is 9.97 Å². The molecule has 2 heterocycles. The highest BCUT2D eigenvalue weighted by molar-refractivity contribution is 6.33. The number of nitrogens with one attached hydrogen (secondary N) is 1. The molecule has 2 aromatic rings. The molecule has 0 aliphatic heterocycles. The Morgan fingerprint density at radius 3 is 2.93 bits per heavy atom. The fourth-order valence-corrected chi connectivity index (χ4v) is 1.19. The molecule has 0 bridgehead atoms. The minimum absolute atomic E-state index is 0.120. The zero-order chi connectivity index (χ0) is 10.7. The monoisotopic (exact) mass is 245 g/mol. The summed E-state index contributed by atoms with van der Waals surface area (Å²) in [6, 6.07) is 0. The van der Waals surface area contributed by atoms with Gasteiger partial charge in [-0.25, -0.2) is 4.98 Å². The summed E-state index contributed by atoms with van der Waals surface area (Å²) in [5.74, 6) is 0.933. The van der Waals surface area contributed by atoms with E-state index in [2.05, 4.69) is 29.9 Å². The van der Waals surface area contributed by atoms with E-state index in [0.29, 0.717) is 23.2 Å². The first-order valence-corrected chi connectivity index (χ1v) is 4.68. The van der Waals surface area contributed by atoms with Crippen molar-refractivity contribution in [2.45, 2.75) is 6.54 Å². The van der Waals surface area contributed by atoms with E-state index in [1.807, 2.05) is 0 Å². The Bertz CT molecular complexity index is 447. The lowest BCUT2D eigenvalue weighted by Gasteiger charge is -2.03. The second-order valence-corrected chi connectivity index (χ2v) is 3.28. The minimum atomic E-state index is 0.120. The molecule has 1 N–H and O–H groups in total. The molecule has 2 rings (SSSR count). The van der Waals surface area contributed by atoms with Gasteiger partial charge in [0.2, 0.25) is 11.7 Å². The maximum atomic E-state index is 5.83. The number of aromatic nitrogens is 4. The molecule has 15 heavy (non-hydrogen) atoms. The van der Waals surface area contributed by atoms with Gasteiger partial charge in [-0.3, -0.25) is 0 Å². The number of nitrogens with zero attached hydrogens (tertiary/aromatic N) is 4. The van der Waals surface area contributed by atoms with Gasteiger partial charge in [-0.05, 0) is 11.6 Å². The van der Waals surface area contributed by atoms with Crippen LogP contribution in [0.4, 0.5) is 5.82 Å². The van der Waals surface area contributed by atoms with Crippen LogP contribution in [0.1, 0.15) is 5.82 Å². The van der Waals surface area contributed by atoms with Crippen LogP contribution >= 0.6 is 23.2 Å². The molecule has 0 saturated carbocycles. The average molecular weight is 246 g/mol. The molecule has 0 spiro atoms. The Morgan fingerprint density at radius 1 is 1.33 bits per heavy atom. The number of hydrogen-bond acceptors (Lipinski definition) is 6. The van der Waals surface area contributed by atoms with Gasteiger partial charge in [0.1, 0.15) is 10.8 Å². The second-order valence-electron chi connectivity index (χ2n) is 2.54. The van der Waals surface area contributed by atoms with Crippen molar-refractivity contribution in [1.82, 2.24) is 20.1 Å². The summed E-state index contributed by atoms with van der Waals surface area (Å²) in [6.07, 6.45) is 2.65. The highest BCUT2D eigenvalue weighted by Crippen LogP contribution is 2.19. The smallest absolute Gasteiger partial charge is 0.224 e. The molecule has 0 aliphatic rings. The molecule has 0 amide bonds. The van der Waals surface area contributed by atoms with Crippen molar-refractivity contribution in [3.63, 3.8) is 0 Å². The molecule has 0 unspecified atom stereocenters. The third-order valence-electron chi connectivity index (χ3n) is 1.54. The van der Waals surface area contributed by atoms with Crippen LogP contribution in [0, 0.1) is 0 Å². The van der Waals surface area contributed by atoms with E-state index in [0.717, 1.165) is 0 Å². The Balaban J connectivity index is 2.07. The van der Waals surface area contributed by atoms with Crippen LogP contribution in [-0.2, 0) is 6.54 Å². The second kappa shape index (κ2) is 4.41. The molecule has 8 heteroatoms. The van der Waals surface area contributed by atoms with Crippen LogP contribution in [-0.4, -0.2) is 20.1 Å². The lowest BCUT2D eigenvalue weighted by atomic mass is 10.5. The fourth-order valence-electron chi connectivity index (χ4n) is 0.903. The summed E-state index contributed by atoms with van der Waals surface area (Å²) < 4.78 is 4.56. The maximum Gasteiger partial charge on any atom is 0.224 e. The van der Waals surface area contributed by atoms with Crippen LogP contribution < -0.4 is 5.32 Å². The van der Waals surface area contributed by atoms with Crippen molar-refractivity contribution in [1.29, 1.82) is 0 Å². The van der Waals surface area contributed by atoms with Crippen molar-refractivity contribution in [3.05, 3.63) is 28.7 Å². The lowest BCUT2D eigenvalue weighted by molar-refractivity contribution is 0.411. The van der Waals surface area contributed by atoms with Crippen molar-refractivity contribution < 1.29 is 4.52 Å². The summed E-state index contributed by atoms with van der Waals surface area (Å²) in [5, 5.41) is 7.02. The van der Waals surface area contributed by atoms with E-state index >= 15 is 0 Å². The van der Waals surface area contributed by atoms with Crippen molar-refractivity contribution in [2.75, 3.05) is 5.32 Å². The van der Waals surface area contributed by atoms with E-state index < -0.39 is 0 Å². The number of anilines is 1. The summed E-state index contributed by atoms with van der Waals surface area (Å²) in [7, 11) is 0. The van der Waals surface area contributed by atoms with Crippen molar-refractivity contribution in [3.8, 4) is 0 Å². The van der Waals surface area contributed by atoms with E-state index in [9.17, 15) is 0 Å². The zero-order valence-electron chi connectivity index (χ0n) is 7.31.